The molecule has 0 saturated carbocycles. The van der Waals surface area contributed by atoms with Crippen LogP contribution in [0.4, 0.5) is 5.69 Å². The van der Waals surface area contributed by atoms with Gasteiger partial charge in [-0.3, -0.25) is 4.79 Å². The van der Waals surface area contributed by atoms with Crippen LogP contribution in [0.15, 0.2) is 24.3 Å². The van der Waals surface area contributed by atoms with Crippen LogP contribution in [0, 0.1) is 5.92 Å². The van der Waals surface area contributed by atoms with E-state index in [4.69, 9.17) is 10.8 Å². The fourth-order valence-electron chi connectivity index (χ4n) is 1.51. The van der Waals surface area contributed by atoms with Gasteiger partial charge >= 0.3 is 0 Å². The standard InChI is InChI=1S/C12H18N2O2/c1-9(7-8-13)12(16)14(2)10-3-5-11(15)6-4-10/h3-6,9,15H,7-8,13H2,1-2H3. The molecule has 0 saturated heterocycles. The molecule has 16 heavy (non-hydrogen) atoms. The van der Waals surface area contributed by atoms with Gasteiger partial charge in [0.05, 0.1) is 0 Å². The minimum Gasteiger partial charge on any atom is -0.508 e. The topological polar surface area (TPSA) is 66.6 Å². The van der Waals surface area contributed by atoms with Crippen molar-refractivity contribution < 1.29 is 9.90 Å². The van der Waals surface area contributed by atoms with Crippen molar-refractivity contribution in [2.45, 2.75) is 13.3 Å². The second-order valence-electron chi connectivity index (χ2n) is 3.89. The second-order valence-corrected chi connectivity index (χ2v) is 3.89. The SMILES string of the molecule is CC(CCN)C(=O)N(C)c1ccc(O)cc1. The van der Waals surface area contributed by atoms with Crippen LogP contribution in [-0.4, -0.2) is 24.6 Å². The Bertz CT molecular complexity index is 349. The lowest BCUT2D eigenvalue weighted by Crippen LogP contribution is -2.32. The van der Waals surface area contributed by atoms with Crippen LogP contribution in [0.1, 0.15) is 13.3 Å². The predicted molar refractivity (Wildman–Crippen MR) is 64.4 cm³/mol. The number of rotatable bonds is 4. The highest BCUT2D eigenvalue weighted by atomic mass is 16.3. The van der Waals surface area contributed by atoms with Crippen molar-refractivity contribution in [2.75, 3.05) is 18.5 Å². The first kappa shape index (κ1) is 12.5. The smallest absolute Gasteiger partial charge is 0.229 e. The minimum atomic E-state index is -0.0798. The third-order valence-electron chi connectivity index (χ3n) is 2.59. The predicted octanol–water partition coefficient (Wildman–Crippen LogP) is 1.34. The number of hydrogen-bond donors (Lipinski definition) is 2. The maximum atomic E-state index is 11.9. The normalized spacial score (nSPS) is 12.2. The average Bonchev–Trinajstić information content (AvgIpc) is 2.28. The van der Waals surface area contributed by atoms with Crippen molar-refractivity contribution >= 4 is 11.6 Å². The third kappa shape index (κ3) is 2.97. The van der Waals surface area contributed by atoms with Gasteiger partial charge in [0, 0.05) is 18.7 Å². The van der Waals surface area contributed by atoms with Gasteiger partial charge in [0.25, 0.3) is 0 Å². The van der Waals surface area contributed by atoms with E-state index < -0.39 is 0 Å². The van der Waals surface area contributed by atoms with Crippen molar-refractivity contribution in [3.8, 4) is 5.75 Å². The highest BCUT2D eigenvalue weighted by Crippen LogP contribution is 2.19. The summed E-state index contributed by atoms with van der Waals surface area (Å²) in [5.74, 6) is 0.152. The summed E-state index contributed by atoms with van der Waals surface area (Å²) < 4.78 is 0. The Hall–Kier alpha value is -1.55. The molecule has 0 aliphatic carbocycles. The van der Waals surface area contributed by atoms with E-state index in [-0.39, 0.29) is 17.6 Å². The van der Waals surface area contributed by atoms with E-state index in [1.165, 1.54) is 0 Å². The molecule has 1 unspecified atom stereocenters. The Morgan fingerprint density at radius 1 is 1.44 bits per heavy atom. The Labute approximate surface area is 95.7 Å². The molecule has 0 aliphatic rings. The molecular weight excluding hydrogens is 204 g/mol. The summed E-state index contributed by atoms with van der Waals surface area (Å²) in [6, 6.07) is 6.55. The zero-order valence-electron chi connectivity index (χ0n) is 9.68. The Kier molecular flexibility index (Phi) is 4.31. The van der Waals surface area contributed by atoms with Crippen LogP contribution >= 0.6 is 0 Å². The first-order valence-electron chi connectivity index (χ1n) is 5.33. The fourth-order valence-corrected chi connectivity index (χ4v) is 1.51. The van der Waals surface area contributed by atoms with Gasteiger partial charge in [-0.2, -0.15) is 0 Å². The number of carbonyl (C=O) groups excluding carboxylic acids is 1. The number of nitrogens with two attached hydrogens (primary N) is 1. The molecule has 0 aromatic heterocycles. The van der Waals surface area contributed by atoms with E-state index in [0.717, 1.165) is 5.69 Å². The fraction of sp³-hybridized carbons (Fsp3) is 0.417. The molecule has 1 rings (SSSR count). The summed E-state index contributed by atoms with van der Waals surface area (Å²) in [6.45, 7) is 2.38. The van der Waals surface area contributed by atoms with Crippen molar-refractivity contribution in [2.24, 2.45) is 11.7 Å². The number of anilines is 1. The molecule has 0 aliphatic heterocycles. The first-order valence-corrected chi connectivity index (χ1v) is 5.33. The van der Waals surface area contributed by atoms with Crippen molar-refractivity contribution in [1.29, 1.82) is 0 Å². The Morgan fingerprint density at radius 2 is 2.00 bits per heavy atom. The number of benzene rings is 1. The lowest BCUT2D eigenvalue weighted by Gasteiger charge is -2.21. The van der Waals surface area contributed by atoms with E-state index in [9.17, 15) is 4.79 Å². The quantitative estimate of drug-likeness (QED) is 0.808. The molecule has 0 spiro atoms. The van der Waals surface area contributed by atoms with Crippen molar-refractivity contribution in [3.05, 3.63) is 24.3 Å². The maximum Gasteiger partial charge on any atom is 0.229 e. The Balaban J connectivity index is 2.73. The summed E-state index contributed by atoms with van der Waals surface area (Å²) in [5, 5.41) is 9.15. The Morgan fingerprint density at radius 3 is 2.50 bits per heavy atom. The van der Waals surface area contributed by atoms with Crippen molar-refractivity contribution in [1.82, 2.24) is 0 Å². The number of nitrogens with zero attached hydrogens (tertiary/aromatic N) is 1. The molecule has 4 nitrogen and oxygen atoms in total. The van der Waals surface area contributed by atoms with E-state index in [0.29, 0.717) is 13.0 Å². The van der Waals surface area contributed by atoms with Gasteiger partial charge in [0.1, 0.15) is 5.75 Å². The van der Waals surface area contributed by atoms with E-state index in [1.807, 2.05) is 6.92 Å². The molecule has 1 amide bonds. The first-order chi connectivity index (χ1) is 7.56. The van der Waals surface area contributed by atoms with Gasteiger partial charge in [0.15, 0.2) is 0 Å². The minimum absolute atomic E-state index is 0.0381. The van der Waals surface area contributed by atoms with Crippen molar-refractivity contribution in [3.63, 3.8) is 0 Å². The summed E-state index contributed by atoms with van der Waals surface area (Å²) in [5.41, 5.74) is 6.19. The highest BCUT2D eigenvalue weighted by Gasteiger charge is 2.17. The van der Waals surface area contributed by atoms with Crippen LogP contribution in [0.3, 0.4) is 0 Å². The zero-order chi connectivity index (χ0) is 12.1. The zero-order valence-corrected chi connectivity index (χ0v) is 9.68. The molecule has 3 N–H and O–H groups in total. The number of carbonyl (C=O) groups is 1. The molecule has 1 aromatic carbocycles. The number of aromatic hydroxyl groups is 1. The lowest BCUT2D eigenvalue weighted by molar-refractivity contribution is -0.121. The summed E-state index contributed by atoms with van der Waals surface area (Å²) >= 11 is 0. The molecule has 0 bridgehead atoms. The monoisotopic (exact) mass is 222 g/mol. The van der Waals surface area contributed by atoms with Crippen LogP contribution < -0.4 is 10.6 Å². The number of phenolic OH excluding ortho intramolecular Hbond substituents is 1. The van der Waals surface area contributed by atoms with Crippen LogP contribution in [-0.2, 0) is 4.79 Å². The largest absolute Gasteiger partial charge is 0.508 e. The molecule has 0 radical (unpaired) electrons. The molecule has 0 heterocycles. The van der Waals surface area contributed by atoms with Gasteiger partial charge in [-0.05, 0) is 37.2 Å². The van der Waals surface area contributed by atoms with Gasteiger partial charge in [0.2, 0.25) is 5.91 Å². The maximum absolute atomic E-state index is 11.9. The van der Waals surface area contributed by atoms with E-state index in [1.54, 1.807) is 36.2 Å². The van der Waals surface area contributed by atoms with Gasteiger partial charge < -0.3 is 15.7 Å². The second kappa shape index (κ2) is 5.51. The molecule has 1 aromatic rings. The van der Waals surface area contributed by atoms with Gasteiger partial charge in [-0.15, -0.1) is 0 Å². The number of phenols is 1. The van der Waals surface area contributed by atoms with Crippen LogP contribution in [0.25, 0.3) is 0 Å². The van der Waals surface area contributed by atoms with Gasteiger partial charge in [-0.1, -0.05) is 6.92 Å². The molecule has 88 valence electrons. The lowest BCUT2D eigenvalue weighted by atomic mass is 10.1. The highest BCUT2D eigenvalue weighted by molar-refractivity contribution is 5.94. The average molecular weight is 222 g/mol. The summed E-state index contributed by atoms with van der Waals surface area (Å²) in [7, 11) is 1.72. The van der Waals surface area contributed by atoms with Gasteiger partial charge in [-0.25, -0.2) is 0 Å². The summed E-state index contributed by atoms with van der Waals surface area (Å²) in [4.78, 5) is 13.5. The van der Waals surface area contributed by atoms with E-state index >= 15 is 0 Å². The van der Waals surface area contributed by atoms with E-state index in [2.05, 4.69) is 0 Å². The van der Waals surface area contributed by atoms with Crippen LogP contribution in [0.5, 0.6) is 5.75 Å². The third-order valence-corrected chi connectivity index (χ3v) is 2.59. The summed E-state index contributed by atoms with van der Waals surface area (Å²) in [6.07, 6.45) is 0.682. The molecule has 4 heteroatoms. The molecular formula is C12H18N2O2. The van der Waals surface area contributed by atoms with Crippen LogP contribution in [0.2, 0.25) is 0 Å². The number of hydrogen-bond acceptors (Lipinski definition) is 3. The number of amides is 1. The molecule has 1 atom stereocenters. The molecule has 0 fully saturated rings.